The average molecular weight is 472 g/mol. The molecule has 1 amide bonds. The van der Waals surface area contributed by atoms with Crippen LogP contribution in [0.15, 0.2) is 35.3 Å². The number of likely N-dealkylation sites (N-methyl/N-ethyl adjacent to an activating group) is 1. The highest BCUT2D eigenvalue weighted by Gasteiger charge is 2.15. The fourth-order valence-electron chi connectivity index (χ4n) is 3.10. The van der Waals surface area contributed by atoms with Crippen LogP contribution in [0.25, 0.3) is 0 Å². The normalized spacial score (nSPS) is 16.3. The van der Waals surface area contributed by atoms with Crippen LogP contribution in [0.3, 0.4) is 0 Å². The third kappa shape index (κ3) is 7.93. The fraction of sp³-hybridized carbons (Fsp3) is 0.600. The molecular formula is C20H33IN4O. The van der Waals surface area contributed by atoms with Crippen LogP contribution in [-0.4, -0.2) is 44.0 Å². The molecule has 0 radical (unpaired) electrons. The monoisotopic (exact) mass is 472 g/mol. The summed E-state index contributed by atoms with van der Waals surface area (Å²) in [5.41, 5.74) is 1.20. The fourth-order valence-corrected chi connectivity index (χ4v) is 3.10. The van der Waals surface area contributed by atoms with Crippen LogP contribution in [0, 0.1) is 5.92 Å². The Kier molecular flexibility index (Phi) is 10.6. The molecule has 1 atom stereocenters. The second-order valence-corrected chi connectivity index (χ2v) is 7.11. The van der Waals surface area contributed by atoms with Crippen molar-refractivity contribution in [2.45, 2.75) is 45.1 Å². The van der Waals surface area contributed by atoms with Crippen molar-refractivity contribution in [3.63, 3.8) is 0 Å². The van der Waals surface area contributed by atoms with E-state index < -0.39 is 0 Å². The molecule has 1 unspecified atom stereocenters. The maximum atomic E-state index is 11.9. The highest BCUT2D eigenvalue weighted by Crippen LogP contribution is 2.22. The smallest absolute Gasteiger partial charge is 0.243 e. The molecule has 0 spiro atoms. The van der Waals surface area contributed by atoms with Gasteiger partial charge in [-0.05, 0) is 31.2 Å². The zero-order chi connectivity index (χ0) is 18.1. The first-order valence-corrected chi connectivity index (χ1v) is 9.36. The van der Waals surface area contributed by atoms with Gasteiger partial charge in [0, 0.05) is 20.6 Å². The summed E-state index contributed by atoms with van der Waals surface area (Å²) in [4.78, 5) is 17.9. The summed E-state index contributed by atoms with van der Waals surface area (Å²) in [6, 6.07) is 10.4. The molecule has 1 fully saturated rings. The third-order valence-electron chi connectivity index (χ3n) is 4.81. The van der Waals surface area contributed by atoms with Crippen LogP contribution in [0.1, 0.15) is 50.6 Å². The van der Waals surface area contributed by atoms with E-state index in [9.17, 15) is 4.79 Å². The van der Waals surface area contributed by atoms with E-state index in [2.05, 4.69) is 34.7 Å². The van der Waals surface area contributed by atoms with E-state index in [1.54, 1.807) is 19.0 Å². The summed E-state index contributed by atoms with van der Waals surface area (Å²) in [6.07, 6.45) is 6.58. The van der Waals surface area contributed by atoms with Gasteiger partial charge in [0.05, 0.1) is 6.04 Å². The second-order valence-electron chi connectivity index (χ2n) is 7.11. The maximum Gasteiger partial charge on any atom is 0.243 e. The Morgan fingerprint density at radius 2 is 1.85 bits per heavy atom. The Bertz CT molecular complexity index is 556. The molecule has 1 saturated carbocycles. The van der Waals surface area contributed by atoms with Gasteiger partial charge >= 0.3 is 0 Å². The van der Waals surface area contributed by atoms with Crippen LogP contribution >= 0.6 is 24.0 Å². The van der Waals surface area contributed by atoms with Gasteiger partial charge in [0.15, 0.2) is 5.96 Å². The van der Waals surface area contributed by atoms with Crippen LogP contribution in [-0.2, 0) is 4.79 Å². The van der Waals surface area contributed by atoms with E-state index in [1.165, 1.54) is 37.7 Å². The molecule has 5 nitrogen and oxygen atoms in total. The Labute approximate surface area is 175 Å². The molecule has 1 aliphatic carbocycles. The van der Waals surface area contributed by atoms with E-state index in [-0.39, 0.29) is 42.5 Å². The van der Waals surface area contributed by atoms with Crippen LogP contribution in [0.2, 0.25) is 0 Å². The number of guanidine groups is 1. The molecule has 2 rings (SSSR count). The van der Waals surface area contributed by atoms with Crippen molar-refractivity contribution < 1.29 is 4.79 Å². The van der Waals surface area contributed by atoms with E-state index in [0.29, 0.717) is 5.92 Å². The predicted octanol–water partition coefficient (Wildman–Crippen LogP) is 3.57. The minimum Gasteiger partial charge on any atom is -0.356 e. The van der Waals surface area contributed by atoms with Gasteiger partial charge in [-0.1, -0.05) is 49.6 Å². The van der Waals surface area contributed by atoms with Gasteiger partial charge in [0.1, 0.15) is 6.54 Å². The molecule has 2 N–H and O–H groups in total. The molecule has 0 aliphatic heterocycles. The van der Waals surface area contributed by atoms with Gasteiger partial charge in [-0.3, -0.25) is 4.79 Å². The topological polar surface area (TPSA) is 56.7 Å². The number of nitrogens with zero attached hydrogens (tertiary/aromatic N) is 2. The maximum absolute atomic E-state index is 11.9. The first-order chi connectivity index (χ1) is 12.1. The summed E-state index contributed by atoms with van der Waals surface area (Å²) in [7, 11) is 3.51. The zero-order valence-electron chi connectivity index (χ0n) is 16.2. The van der Waals surface area contributed by atoms with Crippen LogP contribution in [0.4, 0.5) is 0 Å². The summed E-state index contributed by atoms with van der Waals surface area (Å²) in [6.45, 7) is 3.19. The number of carbonyl (C=O) groups excluding carboxylic acids is 1. The number of amides is 1. The van der Waals surface area contributed by atoms with Crippen molar-refractivity contribution in [1.82, 2.24) is 15.5 Å². The van der Waals surface area contributed by atoms with Crippen LogP contribution in [0.5, 0.6) is 0 Å². The minimum atomic E-state index is 0. The SMILES string of the molecule is CC(NC(=NCC(=O)N(C)C)NCC1CCCCC1)c1ccccc1.I. The third-order valence-corrected chi connectivity index (χ3v) is 4.81. The minimum absolute atomic E-state index is 0. The Morgan fingerprint density at radius 1 is 1.19 bits per heavy atom. The predicted molar refractivity (Wildman–Crippen MR) is 119 cm³/mol. The van der Waals surface area contributed by atoms with E-state index in [4.69, 9.17) is 0 Å². The van der Waals surface area contributed by atoms with Crippen molar-refractivity contribution in [2.75, 3.05) is 27.2 Å². The molecule has 26 heavy (non-hydrogen) atoms. The van der Waals surface area contributed by atoms with Crippen molar-refractivity contribution in [2.24, 2.45) is 10.9 Å². The largest absolute Gasteiger partial charge is 0.356 e. The second kappa shape index (κ2) is 12.1. The molecule has 146 valence electrons. The van der Waals surface area contributed by atoms with E-state index in [0.717, 1.165) is 12.5 Å². The molecule has 0 heterocycles. The standard InChI is InChI=1S/C20H32N4O.HI/c1-16(18-12-8-5-9-13-18)23-20(22-15-19(25)24(2)3)21-14-17-10-6-4-7-11-17;/h5,8-9,12-13,16-17H,4,6-7,10-11,14-15H2,1-3H3,(H2,21,22,23);1H. The lowest BCUT2D eigenvalue weighted by Gasteiger charge is -2.24. The first-order valence-electron chi connectivity index (χ1n) is 9.36. The summed E-state index contributed by atoms with van der Waals surface area (Å²) in [5, 5.41) is 6.89. The van der Waals surface area contributed by atoms with Crippen molar-refractivity contribution >= 4 is 35.8 Å². The van der Waals surface area contributed by atoms with Gasteiger partial charge in [-0.15, -0.1) is 24.0 Å². The van der Waals surface area contributed by atoms with Gasteiger partial charge in [-0.2, -0.15) is 0 Å². The van der Waals surface area contributed by atoms with Crippen molar-refractivity contribution in [3.05, 3.63) is 35.9 Å². The summed E-state index contributed by atoms with van der Waals surface area (Å²) in [5.74, 6) is 1.43. The lowest BCUT2D eigenvalue weighted by molar-refractivity contribution is -0.127. The number of benzene rings is 1. The van der Waals surface area contributed by atoms with Gasteiger partial charge in [-0.25, -0.2) is 4.99 Å². The van der Waals surface area contributed by atoms with Gasteiger partial charge in [0.25, 0.3) is 0 Å². The Morgan fingerprint density at radius 3 is 2.46 bits per heavy atom. The van der Waals surface area contributed by atoms with Crippen molar-refractivity contribution in [1.29, 1.82) is 0 Å². The molecule has 0 bridgehead atoms. The molecule has 0 saturated heterocycles. The number of nitrogens with one attached hydrogen (secondary N) is 2. The molecule has 1 aromatic rings. The van der Waals surface area contributed by atoms with E-state index in [1.807, 2.05) is 18.2 Å². The molecule has 1 aromatic carbocycles. The highest BCUT2D eigenvalue weighted by molar-refractivity contribution is 14.0. The van der Waals surface area contributed by atoms with Crippen molar-refractivity contribution in [3.8, 4) is 0 Å². The lowest BCUT2D eigenvalue weighted by Crippen LogP contribution is -2.42. The first kappa shape index (κ1) is 22.7. The number of hydrogen-bond donors (Lipinski definition) is 2. The van der Waals surface area contributed by atoms with Gasteiger partial charge < -0.3 is 15.5 Å². The summed E-state index contributed by atoms with van der Waals surface area (Å²) >= 11 is 0. The highest BCUT2D eigenvalue weighted by atomic mass is 127. The van der Waals surface area contributed by atoms with E-state index >= 15 is 0 Å². The van der Waals surface area contributed by atoms with Crippen LogP contribution < -0.4 is 10.6 Å². The number of hydrogen-bond acceptors (Lipinski definition) is 2. The Balaban J connectivity index is 0.00000338. The zero-order valence-corrected chi connectivity index (χ0v) is 18.5. The van der Waals surface area contributed by atoms with Gasteiger partial charge in [0.2, 0.25) is 5.91 Å². The summed E-state index contributed by atoms with van der Waals surface area (Å²) < 4.78 is 0. The molecule has 1 aliphatic rings. The number of rotatable bonds is 6. The number of halogens is 1. The molecular weight excluding hydrogens is 439 g/mol. The quantitative estimate of drug-likeness (QED) is 0.378. The average Bonchev–Trinajstić information content (AvgIpc) is 2.65. The molecule has 0 aromatic heterocycles. The Hall–Kier alpha value is -1.31. The lowest BCUT2D eigenvalue weighted by atomic mass is 9.89. The number of carbonyl (C=O) groups is 1. The number of aliphatic imine (C=N–C) groups is 1. The molecule has 6 heteroatoms.